The van der Waals surface area contributed by atoms with Gasteiger partial charge in [-0.15, -0.1) is 0 Å². The number of hydrogen-bond donors (Lipinski definition) is 13. The van der Waals surface area contributed by atoms with Gasteiger partial charge in [0.05, 0.1) is 25.9 Å². The number of aliphatic hydroxyl groups excluding tert-OH is 1. The smallest absolute Gasteiger partial charge is 0.246 e. The first-order valence-electron chi connectivity index (χ1n) is 24.5. The quantitative estimate of drug-likeness (QED) is 0.0554. The highest BCUT2D eigenvalue weighted by atomic mass is 16.3. The zero-order valence-corrected chi connectivity index (χ0v) is 41.3. The lowest BCUT2D eigenvalue weighted by molar-refractivity contribution is -0.143. The van der Waals surface area contributed by atoms with Crippen LogP contribution in [0.4, 0.5) is 0 Å². The maximum atomic E-state index is 14.2. The van der Waals surface area contributed by atoms with Crippen molar-refractivity contribution in [1.82, 2.24) is 42.1 Å². The second-order valence-electron chi connectivity index (χ2n) is 18.6. The number of hydrogen-bond acceptors (Lipinski definition) is 14. The molecule has 0 radical (unpaired) electrons. The molecule has 1 aromatic carbocycles. The largest absolute Gasteiger partial charge is 0.508 e. The topological polar surface area (TPSA) is 437 Å². The van der Waals surface area contributed by atoms with Crippen LogP contribution in [0.5, 0.6) is 5.75 Å². The minimum absolute atomic E-state index is 0.0173. The van der Waals surface area contributed by atoms with E-state index in [0.717, 1.165) is 37.0 Å². The molecular weight excluding hydrogens is 957 g/mol. The van der Waals surface area contributed by atoms with Crippen LogP contribution in [-0.2, 0) is 64.0 Å². The van der Waals surface area contributed by atoms with E-state index in [2.05, 4.69) is 51.1 Å². The molecule has 9 atom stereocenters. The molecule has 3 rings (SSSR count). The highest BCUT2D eigenvalue weighted by Gasteiger charge is 2.40. The minimum Gasteiger partial charge on any atom is -0.508 e. The van der Waals surface area contributed by atoms with Crippen LogP contribution in [0.2, 0.25) is 0 Å². The third kappa shape index (κ3) is 20.7. The van der Waals surface area contributed by atoms with Crippen molar-refractivity contribution in [3.05, 3.63) is 29.8 Å². The first kappa shape index (κ1) is 59.9. The molecule has 26 nitrogen and oxygen atoms in total. The van der Waals surface area contributed by atoms with Gasteiger partial charge in [-0.1, -0.05) is 64.5 Å². The van der Waals surface area contributed by atoms with Gasteiger partial charge >= 0.3 is 0 Å². The van der Waals surface area contributed by atoms with Crippen LogP contribution in [-0.4, -0.2) is 147 Å². The van der Waals surface area contributed by atoms with E-state index < -0.39 is 164 Å². The Morgan fingerprint density at radius 3 is 1.71 bits per heavy atom. The van der Waals surface area contributed by atoms with Crippen LogP contribution < -0.4 is 60.2 Å². The Morgan fingerprint density at radius 1 is 0.616 bits per heavy atom. The first-order chi connectivity index (χ1) is 34.5. The molecular formula is C47H72N12O14. The number of rotatable bonds is 20. The standard InChI is InChI=1S/C47H72N12O14/c1-3-25(2)9-6-4-5-7-10-27-20-40(66)53-31(21-37(49)63)43(69)55-30(19-26-12-14-28(61)15-13-26)42(68)56-32(22-38(50)64)44(70)54-29(16-17-36(48)62)41(67)58-34(24-60)45(71)57-33(23-39(51)65)47(73)59-18-8-11-35(59)46(72)52-27/h12-15,25,27,29-35,60-61H,3-11,16-24H2,1-2H3,(H2,48,62)(H2,49,63)(H2,50,64)(H2,51,65)(H,52,72)(H,53,66)(H,54,70)(H,55,69)(H,56,68)(H,57,71)(H,58,67)/t25-,27-,29-,30+,31-,32-,33-,34-,35+/m0/s1. The lowest BCUT2D eigenvalue weighted by atomic mass is 9.98. The van der Waals surface area contributed by atoms with Crippen molar-refractivity contribution >= 4 is 70.9 Å². The fourth-order valence-electron chi connectivity index (χ4n) is 8.35. The molecule has 0 aromatic heterocycles. The molecule has 404 valence electrons. The summed E-state index contributed by atoms with van der Waals surface area (Å²) in [5, 5.41) is 37.0. The number of aromatic hydroxyl groups is 1. The molecule has 17 N–H and O–H groups in total. The van der Waals surface area contributed by atoms with Gasteiger partial charge in [-0.05, 0) is 49.3 Å². The number of phenolic OH excluding ortho intramolecular Hbond substituents is 1. The fraction of sp³-hybridized carbons (Fsp3) is 0.617. The number of nitrogens with one attached hydrogen (secondary N) is 7. The average Bonchev–Trinajstić information content (AvgIpc) is 3.82. The van der Waals surface area contributed by atoms with E-state index in [9.17, 15) is 67.7 Å². The SMILES string of the molecule is CC[C@H](C)CCCCCC[C@H]1CC(=O)N[C@@H](CC(N)=O)C(=O)N[C@H](Cc2ccc(O)cc2)C(=O)N[C@@H](CC(N)=O)C(=O)N[C@@H](CCC(N)=O)C(=O)N[C@@H](CO)C(=O)N[C@@H](CC(N)=O)C(=O)N2CCC[C@@H]2C(=O)N1. The monoisotopic (exact) mass is 1030 g/mol. The predicted molar refractivity (Wildman–Crippen MR) is 259 cm³/mol. The van der Waals surface area contributed by atoms with E-state index in [1.165, 1.54) is 24.3 Å². The van der Waals surface area contributed by atoms with Crippen LogP contribution in [0, 0.1) is 5.92 Å². The Labute approximate surface area is 422 Å². The molecule has 73 heavy (non-hydrogen) atoms. The molecule has 0 unspecified atom stereocenters. The van der Waals surface area contributed by atoms with Crippen LogP contribution >= 0.6 is 0 Å². The van der Waals surface area contributed by atoms with Gasteiger partial charge in [0, 0.05) is 31.8 Å². The van der Waals surface area contributed by atoms with Gasteiger partial charge in [0.25, 0.3) is 0 Å². The Hall–Kier alpha value is -7.38. The molecule has 12 amide bonds. The molecule has 0 saturated carbocycles. The van der Waals surface area contributed by atoms with Gasteiger partial charge in [-0.25, -0.2) is 0 Å². The van der Waals surface area contributed by atoms with Gasteiger partial charge in [0.15, 0.2) is 0 Å². The number of primary amides is 4. The zero-order valence-electron chi connectivity index (χ0n) is 41.3. The summed E-state index contributed by atoms with van der Waals surface area (Å²) in [5.74, 6) is -12.2. The summed E-state index contributed by atoms with van der Waals surface area (Å²) in [6, 6.07) is -7.40. The van der Waals surface area contributed by atoms with Crippen LogP contribution in [0.25, 0.3) is 0 Å². The van der Waals surface area contributed by atoms with Gasteiger partial charge in [0.1, 0.15) is 48.0 Å². The van der Waals surface area contributed by atoms with E-state index in [4.69, 9.17) is 22.9 Å². The van der Waals surface area contributed by atoms with Gasteiger partial charge < -0.3 is 75.3 Å². The number of phenols is 1. The summed E-state index contributed by atoms with van der Waals surface area (Å²) < 4.78 is 0. The normalized spacial score (nSPS) is 24.7. The third-order valence-electron chi connectivity index (χ3n) is 12.6. The second-order valence-corrected chi connectivity index (χ2v) is 18.6. The Bertz CT molecular complexity index is 2160. The summed E-state index contributed by atoms with van der Waals surface area (Å²) in [4.78, 5) is 162. The molecule has 2 aliphatic heterocycles. The van der Waals surface area contributed by atoms with E-state index >= 15 is 0 Å². The fourth-order valence-corrected chi connectivity index (χ4v) is 8.35. The van der Waals surface area contributed by atoms with Crippen molar-refractivity contribution in [3.8, 4) is 5.75 Å². The summed E-state index contributed by atoms with van der Waals surface area (Å²) in [5.41, 5.74) is 22.1. The number of fused-ring (bicyclic) bond motifs is 1. The number of nitrogens with two attached hydrogens (primary N) is 4. The molecule has 2 heterocycles. The van der Waals surface area contributed by atoms with E-state index in [1.54, 1.807) is 0 Å². The Balaban J connectivity index is 2.15. The summed E-state index contributed by atoms with van der Waals surface area (Å²) in [6.45, 7) is 3.12. The number of carbonyl (C=O) groups is 12. The molecule has 1 aromatic rings. The van der Waals surface area contributed by atoms with Gasteiger partial charge in [-0.3, -0.25) is 57.5 Å². The van der Waals surface area contributed by atoms with Crippen molar-refractivity contribution < 1.29 is 67.7 Å². The van der Waals surface area contributed by atoms with E-state index in [0.29, 0.717) is 24.3 Å². The van der Waals surface area contributed by atoms with Crippen molar-refractivity contribution in [2.24, 2.45) is 28.9 Å². The number of amides is 12. The Morgan fingerprint density at radius 2 is 1.12 bits per heavy atom. The number of aliphatic hydroxyl groups is 1. The first-order valence-corrected chi connectivity index (χ1v) is 24.5. The lowest BCUT2D eigenvalue weighted by Gasteiger charge is -2.30. The third-order valence-corrected chi connectivity index (χ3v) is 12.6. The summed E-state index contributed by atoms with van der Waals surface area (Å²) in [6.07, 6.45) is 1.42. The number of carbonyl (C=O) groups excluding carboxylic acids is 12. The highest BCUT2D eigenvalue weighted by molar-refractivity contribution is 6.00. The van der Waals surface area contributed by atoms with Crippen molar-refractivity contribution in [1.29, 1.82) is 0 Å². The number of unbranched alkanes of at least 4 members (excludes halogenated alkanes) is 3. The highest BCUT2D eigenvalue weighted by Crippen LogP contribution is 2.21. The van der Waals surface area contributed by atoms with Crippen molar-refractivity contribution in [2.45, 2.75) is 165 Å². The van der Waals surface area contributed by atoms with Gasteiger partial charge in [0.2, 0.25) is 70.9 Å². The molecule has 0 aliphatic carbocycles. The maximum absolute atomic E-state index is 14.2. The molecule has 2 saturated heterocycles. The van der Waals surface area contributed by atoms with E-state index in [1.807, 2.05) is 0 Å². The average molecular weight is 1030 g/mol. The molecule has 2 aliphatic rings. The second kappa shape index (κ2) is 29.8. The summed E-state index contributed by atoms with van der Waals surface area (Å²) in [7, 11) is 0. The number of nitrogens with zero attached hydrogens (tertiary/aromatic N) is 1. The van der Waals surface area contributed by atoms with Gasteiger partial charge in [-0.2, -0.15) is 0 Å². The van der Waals surface area contributed by atoms with Crippen LogP contribution in [0.1, 0.15) is 116 Å². The molecule has 0 bridgehead atoms. The van der Waals surface area contributed by atoms with Crippen molar-refractivity contribution in [2.75, 3.05) is 13.2 Å². The molecule has 0 spiro atoms. The number of benzene rings is 1. The minimum atomic E-state index is -1.90. The molecule has 26 heteroatoms. The summed E-state index contributed by atoms with van der Waals surface area (Å²) >= 11 is 0. The van der Waals surface area contributed by atoms with E-state index in [-0.39, 0.29) is 31.6 Å². The van der Waals surface area contributed by atoms with Crippen LogP contribution in [0.3, 0.4) is 0 Å². The molecule has 2 fully saturated rings. The maximum Gasteiger partial charge on any atom is 0.246 e. The predicted octanol–water partition coefficient (Wildman–Crippen LogP) is -4.01. The zero-order chi connectivity index (χ0) is 54.4. The van der Waals surface area contributed by atoms with Crippen molar-refractivity contribution in [3.63, 3.8) is 0 Å². The lowest BCUT2D eigenvalue weighted by Crippen LogP contribution is -2.61. The van der Waals surface area contributed by atoms with Crippen LogP contribution in [0.15, 0.2) is 24.3 Å². The Kier molecular flexibility index (Phi) is 24.5.